The number of carbonyl (C=O) groups excluding carboxylic acids is 2. The van der Waals surface area contributed by atoms with E-state index in [0.717, 1.165) is 0 Å². The Bertz CT molecular complexity index is 1010. The number of benzene rings is 1. The maximum atomic E-state index is 13.4. The average Bonchev–Trinajstić information content (AvgIpc) is 3.20. The quantitative estimate of drug-likeness (QED) is 0.617. The number of hydrogen-bond acceptors (Lipinski definition) is 5. The van der Waals surface area contributed by atoms with Crippen LogP contribution in [0, 0.1) is 17.5 Å². The van der Waals surface area contributed by atoms with E-state index in [-0.39, 0.29) is 31.4 Å². The Morgan fingerprint density at radius 3 is 2.47 bits per heavy atom. The molecule has 1 aromatic carbocycles. The topological polar surface area (TPSA) is 111 Å². The number of nitrogens with zero attached hydrogens (tertiary/aromatic N) is 4. The number of halogens is 3. The minimum atomic E-state index is -1.63. The highest BCUT2D eigenvalue weighted by atomic mass is 19.2. The van der Waals surface area contributed by atoms with E-state index in [9.17, 15) is 33.0 Å². The minimum absolute atomic E-state index is 0.00443. The van der Waals surface area contributed by atoms with E-state index in [2.05, 4.69) is 10.4 Å². The van der Waals surface area contributed by atoms with Crippen LogP contribution in [0.2, 0.25) is 0 Å². The van der Waals surface area contributed by atoms with Crippen molar-refractivity contribution in [3.8, 4) is 0 Å². The molecule has 160 valence electrons. The van der Waals surface area contributed by atoms with Crippen LogP contribution in [0.25, 0.3) is 0 Å². The molecule has 3 N–H and O–H groups in total. The molecular formula is C18H18F3N5O4. The van der Waals surface area contributed by atoms with Crippen LogP contribution in [0.4, 0.5) is 29.3 Å². The van der Waals surface area contributed by atoms with Crippen LogP contribution in [-0.4, -0.2) is 61.6 Å². The summed E-state index contributed by atoms with van der Waals surface area (Å²) < 4.78 is 41.6. The fraction of sp³-hybridized carbons (Fsp3) is 0.389. The van der Waals surface area contributed by atoms with Gasteiger partial charge in [-0.1, -0.05) is 0 Å². The van der Waals surface area contributed by atoms with Gasteiger partial charge in [0.25, 0.3) is 5.91 Å². The molecule has 12 heteroatoms. The summed E-state index contributed by atoms with van der Waals surface area (Å²) in [6.45, 7) is 1.91. The fourth-order valence-electron chi connectivity index (χ4n) is 3.63. The molecule has 0 radical (unpaired) electrons. The highest BCUT2D eigenvalue weighted by Crippen LogP contribution is 2.30. The van der Waals surface area contributed by atoms with Gasteiger partial charge in [0.1, 0.15) is 6.10 Å². The summed E-state index contributed by atoms with van der Waals surface area (Å²) in [5.41, 5.74) is 0.595. The predicted molar refractivity (Wildman–Crippen MR) is 96.9 cm³/mol. The summed E-state index contributed by atoms with van der Waals surface area (Å²) in [6.07, 6.45) is -1.36. The summed E-state index contributed by atoms with van der Waals surface area (Å²) in [7, 11) is 0. The number of aromatic nitrogens is 2. The lowest BCUT2D eigenvalue weighted by Gasteiger charge is -2.35. The molecule has 0 unspecified atom stereocenters. The second kappa shape index (κ2) is 7.29. The van der Waals surface area contributed by atoms with Crippen molar-refractivity contribution in [3.05, 3.63) is 41.5 Å². The predicted octanol–water partition coefficient (Wildman–Crippen LogP) is 0.805. The van der Waals surface area contributed by atoms with Gasteiger partial charge in [0.05, 0.1) is 43.3 Å². The van der Waals surface area contributed by atoms with Gasteiger partial charge in [-0.15, -0.1) is 0 Å². The highest BCUT2D eigenvalue weighted by Gasteiger charge is 2.41. The summed E-state index contributed by atoms with van der Waals surface area (Å²) in [5, 5.41) is 26.0. The molecule has 3 atom stereocenters. The van der Waals surface area contributed by atoms with Crippen molar-refractivity contribution in [1.82, 2.24) is 14.7 Å². The lowest BCUT2D eigenvalue weighted by molar-refractivity contribution is -0.126. The van der Waals surface area contributed by atoms with Gasteiger partial charge in [0, 0.05) is 17.8 Å². The second-order valence-electron chi connectivity index (χ2n) is 7.28. The van der Waals surface area contributed by atoms with Crippen LogP contribution in [0.3, 0.4) is 0 Å². The van der Waals surface area contributed by atoms with Gasteiger partial charge in [-0.3, -0.25) is 9.48 Å². The number of β-amino-alcohol motifs (C(OH)–C–C–N with tert-alkyl or cyclic N) is 1. The summed E-state index contributed by atoms with van der Waals surface area (Å²) in [4.78, 5) is 27.5. The number of fused-ring (bicyclic) bond motifs is 1. The molecule has 3 amide bonds. The lowest BCUT2D eigenvalue weighted by Crippen LogP contribution is -2.47. The molecule has 0 spiro atoms. The molecule has 0 saturated carbocycles. The smallest absolute Gasteiger partial charge is 0.322 e. The third-order valence-corrected chi connectivity index (χ3v) is 5.26. The summed E-state index contributed by atoms with van der Waals surface area (Å²) >= 11 is 0. The van der Waals surface area contributed by atoms with Crippen LogP contribution in [0.1, 0.15) is 12.6 Å². The Hall–Kier alpha value is -3.12. The van der Waals surface area contributed by atoms with Crippen molar-refractivity contribution in [1.29, 1.82) is 0 Å². The Labute approximate surface area is 168 Å². The first-order valence-electron chi connectivity index (χ1n) is 9.11. The van der Waals surface area contributed by atoms with Gasteiger partial charge in [-0.2, -0.15) is 5.10 Å². The van der Waals surface area contributed by atoms with Crippen LogP contribution < -0.4 is 10.2 Å². The number of carbonyl (C=O) groups is 2. The molecule has 9 nitrogen and oxygen atoms in total. The standard InChI is InChI=1S/C18H18F3N5O4/c1-8-5-26-13(12(4-22-26)25-7-14(27)16(28)17(25)29)6-24(8)18(30)23-9-2-10(19)15(21)11(20)3-9/h2-4,8,14,16,27-28H,5-7H2,1H3,(H,23,30)/t8-,14+,16-/m0/s1. The van der Waals surface area contributed by atoms with E-state index in [1.165, 1.54) is 16.0 Å². The van der Waals surface area contributed by atoms with Crippen LogP contribution in [0.5, 0.6) is 0 Å². The van der Waals surface area contributed by atoms with Gasteiger partial charge in [0.2, 0.25) is 0 Å². The number of hydrogen-bond donors (Lipinski definition) is 3. The van der Waals surface area contributed by atoms with Gasteiger partial charge in [0.15, 0.2) is 23.6 Å². The normalized spacial score (nSPS) is 23.7. The van der Waals surface area contributed by atoms with Crippen LogP contribution in [0.15, 0.2) is 18.3 Å². The van der Waals surface area contributed by atoms with Crippen molar-refractivity contribution in [3.63, 3.8) is 0 Å². The maximum absolute atomic E-state index is 13.4. The molecule has 2 aliphatic rings. The van der Waals surface area contributed by atoms with Crippen LogP contribution >= 0.6 is 0 Å². The Morgan fingerprint density at radius 1 is 1.20 bits per heavy atom. The van der Waals surface area contributed by atoms with E-state index in [1.807, 2.05) is 0 Å². The summed E-state index contributed by atoms with van der Waals surface area (Å²) in [5.74, 6) is -5.17. The zero-order valence-corrected chi connectivity index (χ0v) is 15.7. The van der Waals surface area contributed by atoms with E-state index in [0.29, 0.717) is 23.5 Å². The Morgan fingerprint density at radius 2 is 1.87 bits per heavy atom. The molecule has 4 rings (SSSR count). The number of nitrogens with one attached hydrogen (secondary N) is 1. The number of aliphatic hydroxyl groups is 2. The molecule has 3 heterocycles. The van der Waals surface area contributed by atoms with Crippen molar-refractivity contribution in [2.24, 2.45) is 0 Å². The Kier molecular flexibility index (Phi) is 4.90. The van der Waals surface area contributed by atoms with E-state index in [1.54, 1.807) is 11.6 Å². The number of rotatable bonds is 2. The minimum Gasteiger partial charge on any atom is -0.388 e. The van der Waals surface area contributed by atoms with Crippen LogP contribution in [-0.2, 0) is 17.9 Å². The number of amides is 3. The monoisotopic (exact) mass is 425 g/mol. The molecule has 1 saturated heterocycles. The first-order chi connectivity index (χ1) is 14.2. The third kappa shape index (κ3) is 3.27. The SMILES string of the molecule is C[C@H]1Cn2ncc(N3C[C@@H](O)[C@H](O)C3=O)c2CN1C(=O)Nc1cc(F)c(F)c(F)c1. The fourth-order valence-corrected chi connectivity index (χ4v) is 3.63. The summed E-state index contributed by atoms with van der Waals surface area (Å²) in [6, 6.07) is 0.309. The van der Waals surface area contributed by atoms with E-state index >= 15 is 0 Å². The molecule has 1 aromatic heterocycles. The Balaban J connectivity index is 1.57. The first kappa shape index (κ1) is 20.2. The van der Waals surface area contributed by atoms with Gasteiger partial charge in [-0.05, 0) is 6.92 Å². The van der Waals surface area contributed by atoms with Crippen molar-refractivity contribution >= 4 is 23.3 Å². The van der Waals surface area contributed by atoms with E-state index in [4.69, 9.17) is 0 Å². The zero-order chi connectivity index (χ0) is 21.7. The zero-order valence-electron chi connectivity index (χ0n) is 15.7. The molecule has 2 aromatic rings. The maximum Gasteiger partial charge on any atom is 0.322 e. The highest BCUT2D eigenvalue weighted by molar-refractivity contribution is 6.00. The largest absolute Gasteiger partial charge is 0.388 e. The van der Waals surface area contributed by atoms with Gasteiger partial charge in [-0.25, -0.2) is 18.0 Å². The van der Waals surface area contributed by atoms with Crippen molar-refractivity contribution < 1.29 is 33.0 Å². The molecular weight excluding hydrogens is 407 g/mol. The first-order valence-corrected chi connectivity index (χ1v) is 9.11. The van der Waals surface area contributed by atoms with Crippen molar-refractivity contribution in [2.45, 2.75) is 38.3 Å². The third-order valence-electron chi connectivity index (χ3n) is 5.26. The van der Waals surface area contributed by atoms with Gasteiger partial charge >= 0.3 is 6.03 Å². The average molecular weight is 425 g/mol. The second-order valence-corrected chi connectivity index (χ2v) is 7.28. The molecule has 1 fully saturated rings. The van der Waals surface area contributed by atoms with Gasteiger partial charge < -0.3 is 25.3 Å². The molecule has 0 aliphatic carbocycles. The number of urea groups is 1. The number of anilines is 2. The molecule has 0 bridgehead atoms. The molecule has 2 aliphatic heterocycles. The molecule has 30 heavy (non-hydrogen) atoms. The number of aliphatic hydroxyl groups excluding tert-OH is 2. The van der Waals surface area contributed by atoms with E-state index < -0.39 is 41.6 Å². The van der Waals surface area contributed by atoms with Crippen molar-refractivity contribution in [2.75, 3.05) is 16.8 Å². The lowest BCUT2D eigenvalue weighted by atomic mass is 10.2.